The van der Waals surface area contributed by atoms with E-state index < -0.39 is 11.4 Å². The van der Waals surface area contributed by atoms with Gasteiger partial charge in [-0.3, -0.25) is 4.79 Å². The van der Waals surface area contributed by atoms with Crippen molar-refractivity contribution in [2.24, 2.45) is 0 Å². The smallest absolute Gasteiger partial charge is 0.153 e. The van der Waals surface area contributed by atoms with E-state index in [0.717, 1.165) is 0 Å². The van der Waals surface area contributed by atoms with Crippen LogP contribution in [0.25, 0.3) is 0 Å². The van der Waals surface area contributed by atoms with E-state index in [9.17, 15) is 9.35 Å². The number of carbonyl (C=O) groups is 1. The van der Waals surface area contributed by atoms with E-state index >= 15 is 0 Å². The van der Waals surface area contributed by atoms with Crippen LogP contribution in [-0.2, 0) is 16.2 Å². The van der Waals surface area contributed by atoms with Gasteiger partial charge in [0.25, 0.3) is 0 Å². The molecule has 76 valence electrons. The molecule has 0 aromatic carbocycles. The number of carbonyl (C=O) groups excluding carboxylic acids is 1. The summed E-state index contributed by atoms with van der Waals surface area (Å²) in [6.07, 6.45) is 0. The van der Waals surface area contributed by atoms with Crippen molar-refractivity contribution in [3.05, 3.63) is 0 Å². The SMILES string of the molecule is CC(=O)[C@@H]1[C@H](C)N1[S+]([O-])C(C)(C)C. The van der Waals surface area contributed by atoms with Gasteiger partial charge in [0.15, 0.2) is 5.78 Å². The molecule has 1 aliphatic rings. The van der Waals surface area contributed by atoms with Crippen LogP contribution in [0.3, 0.4) is 0 Å². The van der Waals surface area contributed by atoms with Crippen LogP contribution in [0, 0.1) is 0 Å². The van der Waals surface area contributed by atoms with Crippen molar-refractivity contribution in [1.29, 1.82) is 0 Å². The van der Waals surface area contributed by atoms with Crippen LogP contribution in [0.4, 0.5) is 0 Å². The van der Waals surface area contributed by atoms with E-state index in [1.165, 1.54) is 0 Å². The molecule has 1 rings (SSSR count). The first-order valence-corrected chi connectivity index (χ1v) is 5.58. The monoisotopic (exact) mass is 203 g/mol. The molecule has 3 nitrogen and oxygen atoms in total. The van der Waals surface area contributed by atoms with E-state index in [2.05, 4.69) is 0 Å². The Morgan fingerprint density at radius 1 is 1.46 bits per heavy atom. The molecule has 1 aliphatic heterocycles. The molecule has 0 bridgehead atoms. The van der Waals surface area contributed by atoms with Gasteiger partial charge in [-0.15, -0.1) is 4.31 Å². The molecule has 0 N–H and O–H groups in total. The zero-order chi connectivity index (χ0) is 10.4. The second-order valence-corrected chi connectivity index (χ2v) is 6.66. The predicted molar refractivity (Wildman–Crippen MR) is 53.7 cm³/mol. The maximum atomic E-state index is 11.8. The van der Waals surface area contributed by atoms with Gasteiger partial charge in [-0.1, -0.05) is 0 Å². The standard InChI is InChI=1S/C9H17NO2S/c1-6-8(7(2)11)10(6)13(12)9(3,4)5/h6,8H,1-5H3/t6-,8-,10?,13?/m0/s1. The Bertz CT molecular complexity index is 224. The third kappa shape index (κ3) is 2.06. The van der Waals surface area contributed by atoms with Crippen molar-refractivity contribution in [1.82, 2.24) is 4.31 Å². The molecule has 4 heteroatoms. The van der Waals surface area contributed by atoms with E-state index in [0.29, 0.717) is 0 Å². The Hall–Kier alpha value is -0.0600. The fourth-order valence-corrected chi connectivity index (χ4v) is 2.94. The predicted octanol–water partition coefficient (Wildman–Crippen LogP) is 1.11. The molecule has 1 fully saturated rings. The van der Waals surface area contributed by atoms with Gasteiger partial charge in [0.05, 0.1) is 6.04 Å². The molecule has 13 heavy (non-hydrogen) atoms. The molecule has 0 aromatic rings. The third-order valence-corrected chi connectivity index (χ3v) is 4.16. The quantitative estimate of drug-likeness (QED) is 0.499. The summed E-state index contributed by atoms with van der Waals surface area (Å²) < 4.78 is 13.4. The van der Waals surface area contributed by atoms with Gasteiger partial charge in [0.2, 0.25) is 0 Å². The van der Waals surface area contributed by atoms with Crippen LogP contribution in [0.15, 0.2) is 0 Å². The number of ketones is 1. The summed E-state index contributed by atoms with van der Waals surface area (Å²) in [6, 6.07) is 0.0395. The lowest BCUT2D eigenvalue weighted by Gasteiger charge is -2.24. The lowest BCUT2D eigenvalue weighted by Crippen LogP contribution is -2.35. The molecule has 0 saturated carbocycles. The van der Waals surface area contributed by atoms with Gasteiger partial charge in [-0.25, -0.2) is 0 Å². The van der Waals surface area contributed by atoms with E-state index in [-0.39, 0.29) is 22.6 Å². The lowest BCUT2D eigenvalue weighted by molar-refractivity contribution is -0.117. The first kappa shape index (κ1) is 11.0. The Kier molecular flexibility index (Phi) is 2.76. The minimum atomic E-state index is -1.05. The number of hydrogen-bond donors (Lipinski definition) is 0. The fraction of sp³-hybridized carbons (Fsp3) is 0.889. The number of Topliss-reactive ketones (excluding diaryl/α,β-unsaturated/α-hetero) is 1. The second-order valence-electron chi connectivity index (χ2n) is 4.52. The Morgan fingerprint density at radius 2 is 1.92 bits per heavy atom. The first-order valence-electron chi connectivity index (χ1n) is 4.47. The number of rotatable bonds is 2. The maximum Gasteiger partial charge on any atom is 0.153 e. The zero-order valence-corrected chi connectivity index (χ0v) is 9.64. The van der Waals surface area contributed by atoms with Gasteiger partial charge in [-0.2, -0.15) is 0 Å². The molecule has 0 radical (unpaired) electrons. The summed E-state index contributed by atoms with van der Waals surface area (Å²) in [7, 11) is 0. The molecule has 0 amide bonds. The van der Waals surface area contributed by atoms with Crippen LogP contribution in [-0.4, -0.2) is 31.5 Å². The normalized spacial score (nSPS) is 35.7. The summed E-state index contributed by atoms with van der Waals surface area (Å²) in [5, 5.41) is 0. The summed E-state index contributed by atoms with van der Waals surface area (Å²) in [6.45, 7) is 9.26. The summed E-state index contributed by atoms with van der Waals surface area (Å²) in [5.41, 5.74) is 0. The van der Waals surface area contributed by atoms with Crippen LogP contribution in [0.1, 0.15) is 34.6 Å². The van der Waals surface area contributed by atoms with Crippen molar-refractivity contribution in [3.8, 4) is 0 Å². The average molecular weight is 203 g/mol. The van der Waals surface area contributed by atoms with Crippen molar-refractivity contribution < 1.29 is 9.35 Å². The van der Waals surface area contributed by atoms with Crippen LogP contribution in [0.5, 0.6) is 0 Å². The molecule has 1 saturated heterocycles. The zero-order valence-electron chi connectivity index (χ0n) is 8.83. The highest BCUT2D eigenvalue weighted by atomic mass is 32.2. The van der Waals surface area contributed by atoms with Crippen LogP contribution < -0.4 is 0 Å². The van der Waals surface area contributed by atoms with Crippen molar-refractivity contribution >= 4 is 17.1 Å². The Balaban J connectivity index is 2.63. The second kappa shape index (κ2) is 3.26. The molecular formula is C9H17NO2S. The topological polar surface area (TPSA) is 43.1 Å². The van der Waals surface area contributed by atoms with Crippen LogP contribution in [0.2, 0.25) is 0 Å². The van der Waals surface area contributed by atoms with E-state index in [1.807, 2.05) is 27.7 Å². The maximum absolute atomic E-state index is 11.8. The van der Waals surface area contributed by atoms with Crippen molar-refractivity contribution in [2.45, 2.75) is 51.4 Å². The first-order chi connectivity index (χ1) is 5.76. The highest BCUT2D eigenvalue weighted by Crippen LogP contribution is 2.37. The molecule has 2 unspecified atom stereocenters. The number of nitrogens with zero attached hydrogens (tertiary/aromatic N) is 1. The molecular weight excluding hydrogens is 186 g/mol. The van der Waals surface area contributed by atoms with Crippen molar-refractivity contribution in [3.63, 3.8) is 0 Å². The minimum Gasteiger partial charge on any atom is -0.597 e. The highest BCUT2D eigenvalue weighted by Gasteiger charge is 2.58. The van der Waals surface area contributed by atoms with E-state index in [4.69, 9.17) is 0 Å². The summed E-state index contributed by atoms with van der Waals surface area (Å²) in [4.78, 5) is 11.1. The van der Waals surface area contributed by atoms with Gasteiger partial charge in [0.1, 0.15) is 10.8 Å². The molecule has 0 spiro atoms. The fourth-order valence-electron chi connectivity index (χ4n) is 1.41. The number of hydrogen-bond acceptors (Lipinski definition) is 3. The minimum absolute atomic E-state index is 0.111. The average Bonchev–Trinajstić information content (AvgIpc) is 2.57. The molecule has 0 aliphatic carbocycles. The Morgan fingerprint density at radius 3 is 2.15 bits per heavy atom. The van der Waals surface area contributed by atoms with Crippen LogP contribution >= 0.6 is 0 Å². The van der Waals surface area contributed by atoms with Gasteiger partial charge in [-0.05, 0) is 34.6 Å². The lowest BCUT2D eigenvalue weighted by atomic mass is 10.3. The van der Waals surface area contributed by atoms with Gasteiger partial charge < -0.3 is 4.55 Å². The molecule has 1 heterocycles. The third-order valence-electron chi connectivity index (χ3n) is 2.17. The summed E-state index contributed by atoms with van der Waals surface area (Å²) >= 11 is -1.05. The van der Waals surface area contributed by atoms with Crippen molar-refractivity contribution in [2.75, 3.05) is 0 Å². The van der Waals surface area contributed by atoms with Gasteiger partial charge >= 0.3 is 0 Å². The largest absolute Gasteiger partial charge is 0.597 e. The Labute approximate surface area is 82.8 Å². The summed E-state index contributed by atoms with van der Waals surface area (Å²) in [5.74, 6) is 0.116. The highest BCUT2D eigenvalue weighted by molar-refractivity contribution is 7.90. The van der Waals surface area contributed by atoms with Gasteiger partial charge in [0, 0.05) is 11.4 Å². The van der Waals surface area contributed by atoms with E-state index in [1.54, 1.807) is 11.2 Å². The molecule has 4 atom stereocenters. The molecule has 0 aromatic heterocycles.